The molecule has 0 atom stereocenters. The van der Waals surface area contributed by atoms with Gasteiger partial charge in [0.2, 0.25) is 0 Å². The molecule has 0 unspecified atom stereocenters. The average Bonchev–Trinajstić information content (AvgIpc) is 2.99. The molecular weight excluding hydrogens is 318 g/mol. The lowest BCUT2D eigenvalue weighted by atomic mass is 10.2. The number of nitrogens with one attached hydrogen (secondary N) is 1. The fraction of sp³-hybridized carbons (Fsp3) is 0.118. The molecule has 3 rings (SSSR count). The maximum atomic E-state index is 12.4. The highest BCUT2D eigenvalue weighted by atomic mass is 35.5. The monoisotopic (exact) mass is 331 g/mol. The number of carbonyl (C=O) groups excluding carboxylic acids is 1. The van der Waals surface area contributed by atoms with E-state index in [1.807, 2.05) is 18.2 Å². The Morgan fingerprint density at radius 3 is 2.52 bits per heavy atom. The van der Waals surface area contributed by atoms with Crippen LogP contribution in [-0.2, 0) is 0 Å². The van der Waals surface area contributed by atoms with E-state index in [4.69, 9.17) is 25.5 Å². The number of hydrogen-bond donors (Lipinski definition) is 1. The van der Waals surface area contributed by atoms with Crippen LogP contribution in [0.2, 0.25) is 5.02 Å². The molecule has 1 heterocycles. The number of furan rings is 1. The molecular formula is C17H14ClNO4. The van der Waals surface area contributed by atoms with E-state index in [0.717, 1.165) is 5.39 Å². The largest absolute Gasteiger partial charge is 0.495 e. The van der Waals surface area contributed by atoms with Crippen LogP contribution in [0.4, 0.5) is 5.69 Å². The van der Waals surface area contributed by atoms with Crippen LogP contribution >= 0.6 is 11.6 Å². The summed E-state index contributed by atoms with van der Waals surface area (Å²) in [5, 5.41) is 3.96. The number of methoxy groups -OCH3 is 2. The van der Waals surface area contributed by atoms with Crippen LogP contribution in [0.15, 0.2) is 46.9 Å². The standard InChI is InChI=1S/C17H14ClNO4/c1-21-14-9-15(22-2)12(8-11(14)18)19-17(20)16-7-10-5-3-4-6-13(10)23-16/h3-9H,1-2H3,(H,19,20). The molecule has 3 aromatic rings. The number of hydrogen-bond acceptors (Lipinski definition) is 4. The molecule has 6 heteroatoms. The van der Waals surface area contributed by atoms with Crippen molar-refractivity contribution in [1.82, 2.24) is 0 Å². The van der Waals surface area contributed by atoms with Gasteiger partial charge in [0.25, 0.3) is 5.91 Å². The van der Waals surface area contributed by atoms with Gasteiger partial charge in [-0.3, -0.25) is 4.79 Å². The van der Waals surface area contributed by atoms with E-state index in [-0.39, 0.29) is 11.7 Å². The third kappa shape index (κ3) is 2.96. The molecule has 5 nitrogen and oxygen atoms in total. The Hall–Kier alpha value is -2.66. The molecule has 0 radical (unpaired) electrons. The zero-order valence-corrected chi connectivity index (χ0v) is 13.3. The first-order valence-electron chi connectivity index (χ1n) is 6.84. The number of anilines is 1. The summed E-state index contributed by atoms with van der Waals surface area (Å²) in [5.74, 6) is 0.724. The number of halogens is 1. The summed E-state index contributed by atoms with van der Waals surface area (Å²) in [6, 6.07) is 12.3. The van der Waals surface area contributed by atoms with E-state index in [0.29, 0.717) is 27.8 Å². The minimum absolute atomic E-state index is 0.209. The van der Waals surface area contributed by atoms with Crippen LogP contribution in [0.1, 0.15) is 10.6 Å². The van der Waals surface area contributed by atoms with Crippen molar-refractivity contribution in [2.45, 2.75) is 0 Å². The smallest absolute Gasteiger partial charge is 0.291 e. The first-order valence-corrected chi connectivity index (χ1v) is 7.21. The van der Waals surface area contributed by atoms with Crippen molar-refractivity contribution in [3.8, 4) is 11.5 Å². The highest BCUT2D eigenvalue weighted by Crippen LogP contribution is 2.36. The van der Waals surface area contributed by atoms with Crippen LogP contribution in [0.3, 0.4) is 0 Å². The fourth-order valence-corrected chi connectivity index (χ4v) is 2.48. The molecule has 1 aromatic heterocycles. The van der Waals surface area contributed by atoms with Gasteiger partial charge in [-0.2, -0.15) is 0 Å². The van der Waals surface area contributed by atoms with Gasteiger partial charge in [0.05, 0.1) is 24.9 Å². The molecule has 23 heavy (non-hydrogen) atoms. The minimum atomic E-state index is -0.388. The van der Waals surface area contributed by atoms with Gasteiger partial charge >= 0.3 is 0 Å². The van der Waals surface area contributed by atoms with E-state index in [9.17, 15) is 4.79 Å². The van der Waals surface area contributed by atoms with Gasteiger partial charge in [0, 0.05) is 11.5 Å². The predicted molar refractivity (Wildman–Crippen MR) is 88.7 cm³/mol. The molecule has 118 valence electrons. The topological polar surface area (TPSA) is 60.7 Å². The molecule has 0 aliphatic heterocycles. The van der Waals surface area contributed by atoms with Gasteiger partial charge < -0.3 is 19.2 Å². The van der Waals surface area contributed by atoms with Gasteiger partial charge in [0.1, 0.15) is 17.1 Å². The number of carbonyl (C=O) groups is 1. The first kappa shape index (κ1) is 15.2. The lowest BCUT2D eigenvalue weighted by Crippen LogP contribution is -2.11. The van der Waals surface area contributed by atoms with Crippen molar-refractivity contribution >= 4 is 34.2 Å². The van der Waals surface area contributed by atoms with Gasteiger partial charge in [-0.25, -0.2) is 0 Å². The highest BCUT2D eigenvalue weighted by Gasteiger charge is 2.16. The molecule has 0 aliphatic rings. The summed E-state index contributed by atoms with van der Waals surface area (Å²) in [5.41, 5.74) is 1.08. The normalized spacial score (nSPS) is 10.6. The molecule has 2 aromatic carbocycles. The van der Waals surface area contributed by atoms with Crippen LogP contribution in [0.5, 0.6) is 11.5 Å². The van der Waals surface area contributed by atoms with Gasteiger partial charge in [0.15, 0.2) is 5.76 Å². The molecule has 0 saturated heterocycles. The Morgan fingerprint density at radius 2 is 1.83 bits per heavy atom. The van der Waals surface area contributed by atoms with Crippen LogP contribution in [-0.4, -0.2) is 20.1 Å². The average molecular weight is 332 g/mol. The minimum Gasteiger partial charge on any atom is -0.495 e. The van der Waals surface area contributed by atoms with E-state index in [1.165, 1.54) is 14.2 Å². The van der Waals surface area contributed by atoms with Gasteiger partial charge in [-0.05, 0) is 18.2 Å². The summed E-state index contributed by atoms with van der Waals surface area (Å²) in [4.78, 5) is 12.4. The number of ether oxygens (including phenoxy) is 2. The Labute approximate surface area is 137 Å². The molecule has 1 N–H and O–H groups in total. The highest BCUT2D eigenvalue weighted by molar-refractivity contribution is 6.32. The molecule has 0 fully saturated rings. The third-order valence-electron chi connectivity index (χ3n) is 3.37. The Morgan fingerprint density at radius 1 is 1.09 bits per heavy atom. The number of fused-ring (bicyclic) bond motifs is 1. The van der Waals surface area contributed by atoms with Gasteiger partial charge in [-0.1, -0.05) is 29.8 Å². The third-order valence-corrected chi connectivity index (χ3v) is 3.67. The number of benzene rings is 2. The van der Waals surface area contributed by atoms with Crippen molar-refractivity contribution < 1.29 is 18.7 Å². The lowest BCUT2D eigenvalue weighted by molar-refractivity contribution is 0.0998. The zero-order chi connectivity index (χ0) is 16.4. The fourth-order valence-electron chi connectivity index (χ4n) is 2.24. The number of amides is 1. The maximum absolute atomic E-state index is 12.4. The van der Waals surface area contributed by atoms with Crippen LogP contribution in [0.25, 0.3) is 11.0 Å². The van der Waals surface area contributed by atoms with E-state index in [1.54, 1.807) is 24.3 Å². The second-order valence-corrected chi connectivity index (χ2v) is 5.20. The molecule has 0 spiro atoms. The quantitative estimate of drug-likeness (QED) is 0.771. The van der Waals surface area contributed by atoms with Crippen LogP contribution < -0.4 is 14.8 Å². The predicted octanol–water partition coefficient (Wildman–Crippen LogP) is 4.36. The van der Waals surface area contributed by atoms with E-state index >= 15 is 0 Å². The molecule has 0 saturated carbocycles. The van der Waals surface area contributed by atoms with Crippen molar-refractivity contribution in [3.05, 3.63) is 53.2 Å². The summed E-state index contributed by atoms with van der Waals surface area (Å²) in [6.45, 7) is 0. The second-order valence-electron chi connectivity index (χ2n) is 4.79. The first-order chi connectivity index (χ1) is 11.1. The summed E-state index contributed by atoms with van der Waals surface area (Å²) >= 11 is 6.10. The molecule has 1 amide bonds. The Balaban J connectivity index is 1.91. The van der Waals surface area contributed by atoms with Crippen molar-refractivity contribution in [1.29, 1.82) is 0 Å². The maximum Gasteiger partial charge on any atom is 0.291 e. The summed E-state index contributed by atoms with van der Waals surface area (Å²) in [6.07, 6.45) is 0. The lowest BCUT2D eigenvalue weighted by Gasteiger charge is -2.12. The van der Waals surface area contributed by atoms with E-state index < -0.39 is 0 Å². The molecule has 0 bridgehead atoms. The zero-order valence-electron chi connectivity index (χ0n) is 12.6. The summed E-state index contributed by atoms with van der Waals surface area (Å²) < 4.78 is 15.9. The Bertz CT molecular complexity index is 839. The molecule has 0 aliphatic carbocycles. The van der Waals surface area contributed by atoms with Crippen molar-refractivity contribution in [2.75, 3.05) is 19.5 Å². The number of para-hydroxylation sites is 1. The number of rotatable bonds is 4. The second kappa shape index (κ2) is 6.22. The van der Waals surface area contributed by atoms with E-state index in [2.05, 4.69) is 5.32 Å². The van der Waals surface area contributed by atoms with Gasteiger partial charge in [-0.15, -0.1) is 0 Å². The van der Waals surface area contributed by atoms with Crippen molar-refractivity contribution in [3.63, 3.8) is 0 Å². The Kier molecular flexibility index (Phi) is 4.12. The SMILES string of the molecule is COc1cc(OC)c(NC(=O)c2cc3ccccc3o2)cc1Cl. The van der Waals surface area contributed by atoms with Crippen molar-refractivity contribution in [2.24, 2.45) is 0 Å². The summed E-state index contributed by atoms with van der Waals surface area (Å²) in [7, 11) is 3.01. The van der Waals surface area contributed by atoms with Crippen LogP contribution in [0, 0.1) is 0 Å².